The Morgan fingerprint density at radius 1 is 1.27 bits per heavy atom. The molecule has 1 aliphatic carbocycles. The Bertz CT molecular complexity index is 840. The number of carbonyl (C=O) groups is 2. The standard InChI is InChI=1S/C20H19ClFNO3/c1-12(26-20(25)16-10-9-14(21)11-17(16)22)19(24)23-18-8-4-6-13-5-2-3-7-15(13)18/h2-3,5,7,9-12,18H,4,6,8H2,1H3,(H,23,24)/t12-,18+/m0/s1. The number of nitrogens with one attached hydrogen (secondary N) is 1. The number of ether oxygens (including phenoxy) is 1. The number of hydrogen-bond donors (Lipinski definition) is 1. The maximum atomic E-state index is 13.8. The van der Waals surface area contributed by atoms with Crippen molar-refractivity contribution in [1.82, 2.24) is 5.32 Å². The summed E-state index contributed by atoms with van der Waals surface area (Å²) in [5, 5.41) is 3.11. The topological polar surface area (TPSA) is 55.4 Å². The summed E-state index contributed by atoms with van der Waals surface area (Å²) < 4.78 is 18.9. The van der Waals surface area contributed by atoms with Crippen molar-refractivity contribution in [3.8, 4) is 0 Å². The van der Waals surface area contributed by atoms with Crippen molar-refractivity contribution < 1.29 is 18.7 Å². The second-order valence-corrected chi connectivity index (χ2v) is 6.76. The summed E-state index contributed by atoms with van der Waals surface area (Å²) in [4.78, 5) is 24.5. The molecule has 0 spiro atoms. The molecular weight excluding hydrogens is 357 g/mol. The Labute approximate surface area is 156 Å². The minimum atomic E-state index is -1.04. The zero-order chi connectivity index (χ0) is 18.7. The van der Waals surface area contributed by atoms with Crippen LogP contribution in [0.2, 0.25) is 5.02 Å². The molecule has 1 aliphatic rings. The van der Waals surface area contributed by atoms with E-state index >= 15 is 0 Å². The van der Waals surface area contributed by atoms with Crippen molar-refractivity contribution in [3.05, 3.63) is 70.0 Å². The number of halogens is 2. The van der Waals surface area contributed by atoms with Gasteiger partial charge in [0, 0.05) is 5.02 Å². The fraction of sp³-hybridized carbons (Fsp3) is 0.300. The van der Waals surface area contributed by atoms with E-state index in [9.17, 15) is 14.0 Å². The molecule has 0 unspecified atom stereocenters. The summed E-state index contributed by atoms with van der Waals surface area (Å²) in [7, 11) is 0. The quantitative estimate of drug-likeness (QED) is 0.814. The molecule has 2 aromatic carbocycles. The lowest BCUT2D eigenvalue weighted by Crippen LogP contribution is -2.39. The van der Waals surface area contributed by atoms with Crippen molar-refractivity contribution in [1.29, 1.82) is 0 Å². The van der Waals surface area contributed by atoms with Gasteiger partial charge in [0.05, 0.1) is 11.6 Å². The average molecular weight is 376 g/mol. The van der Waals surface area contributed by atoms with Crippen molar-refractivity contribution >= 4 is 23.5 Å². The molecule has 0 saturated heterocycles. The average Bonchev–Trinajstić information content (AvgIpc) is 2.61. The van der Waals surface area contributed by atoms with Crippen LogP contribution in [-0.4, -0.2) is 18.0 Å². The van der Waals surface area contributed by atoms with E-state index < -0.39 is 23.8 Å². The predicted molar refractivity (Wildman–Crippen MR) is 96.6 cm³/mol. The Kier molecular flexibility index (Phi) is 5.57. The second-order valence-electron chi connectivity index (χ2n) is 6.32. The molecule has 2 aromatic rings. The third-order valence-corrected chi connectivity index (χ3v) is 4.73. The van der Waals surface area contributed by atoms with Crippen LogP contribution in [0.1, 0.15) is 47.3 Å². The SMILES string of the molecule is C[C@H](OC(=O)c1ccc(Cl)cc1F)C(=O)N[C@@H]1CCCc2ccccc21. The molecule has 2 atom stereocenters. The summed E-state index contributed by atoms with van der Waals surface area (Å²) in [6.07, 6.45) is 1.76. The highest BCUT2D eigenvalue weighted by Gasteiger charge is 2.26. The third-order valence-electron chi connectivity index (χ3n) is 4.49. The molecule has 0 saturated carbocycles. The third kappa shape index (κ3) is 4.05. The van der Waals surface area contributed by atoms with E-state index in [1.807, 2.05) is 18.2 Å². The van der Waals surface area contributed by atoms with Crippen LogP contribution in [0, 0.1) is 5.82 Å². The van der Waals surface area contributed by atoms with Crippen LogP contribution in [0.3, 0.4) is 0 Å². The predicted octanol–water partition coefficient (Wildman–Crippen LogP) is 4.22. The van der Waals surface area contributed by atoms with Gasteiger partial charge in [0.25, 0.3) is 5.91 Å². The van der Waals surface area contributed by atoms with Gasteiger partial charge < -0.3 is 10.1 Å². The van der Waals surface area contributed by atoms with Crippen molar-refractivity contribution in [2.24, 2.45) is 0 Å². The minimum absolute atomic E-state index is 0.110. The molecule has 1 N–H and O–H groups in total. The Balaban J connectivity index is 1.64. The summed E-state index contributed by atoms with van der Waals surface area (Å²) in [5.74, 6) is -2.09. The van der Waals surface area contributed by atoms with Gasteiger partial charge >= 0.3 is 5.97 Å². The van der Waals surface area contributed by atoms with Crippen LogP contribution in [0.25, 0.3) is 0 Å². The largest absolute Gasteiger partial charge is 0.449 e. The van der Waals surface area contributed by atoms with Gasteiger partial charge in [-0.1, -0.05) is 35.9 Å². The Hall–Kier alpha value is -2.40. The minimum Gasteiger partial charge on any atom is -0.449 e. The van der Waals surface area contributed by atoms with E-state index in [0.717, 1.165) is 30.9 Å². The Morgan fingerprint density at radius 2 is 2.04 bits per heavy atom. The Morgan fingerprint density at radius 3 is 2.81 bits per heavy atom. The first-order valence-corrected chi connectivity index (χ1v) is 8.87. The zero-order valence-electron chi connectivity index (χ0n) is 14.3. The highest BCUT2D eigenvalue weighted by atomic mass is 35.5. The summed E-state index contributed by atoms with van der Waals surface area (Å²) in [6, 6.07) is 11.5. The zero-order valence-corrected chi connectivity index (χ0v) is 15.1. The van der Waals surface area contributed by atoms with Gasteiger partial charge in [-0.15, -0.1) is 0 Å². The van der Waals surface area contributed by atoms with Crippen LogP contribution in [0.4, 0.5) is 4.39 Å². The fourth-order valence-electron chi connectivity index (χ4n) is 3.13. The number of amides is 1. The lowest BCUT2D eigenvalue weighted by atomic mass is 9.87. The summed E-state index contributed by atoms with van der Waals surface area (Å²) in [6.45, 7) is 1.47. The molecule has 0 aromatic heterocycles. The highest BCUT2D eigenvalue weighted by molar-refractivity contribution is 6.30. The summed E-state index contributed by atoms with van der Waals surface area (Å²) in [5.41, 5.74) is 2.06. The number of carbonyl (C=O) groups excluding carboxylic acids is 2. The van der Waals surface area contributed by atoms with E-state index in [0.29, 0.717) is 0 Å². The van der Waals surface area contributed by atoms with Crippen molar-refractivity contribution in [3.63, 3.8) is 0 Å². The fourth-order valence-corrected chi connectivity index (χ4v) is 3.28. The van der Waals surface area contributed by atoms with Gasteiger partial charge in [0.15, 0.2) is 6.10 Å². The molecule has 4 nitrogen and oxygen atoms in total. The maximum Gasteiger partial charge on any atom is 0.341 e. The molecule has 0 radical (unpaired) electrons. The lowest BCUT2D eigenvalue weighted by molar-refractivity contribution is -0.130. The summed E-state index contributed by atoms with van der Waals surface area (Å²) >= 11 is 5.67. The molecule has 1 amide bonds. The number of esters is 1. The molecule has 0 fully saturated rings. The van der Waals surface area contributed by atoms with Crippen molar-refractivity contribution in [2.75, 3.05) is 0 Å². The smallest absolute Gasteiger partial charge is 0.341 e. The van der Waals surface area contributed by atoms with Gasteiger partial charge in [0.2, 0.25) is 0 Å². The number of hydrogen-bond acceptors (Lipinski definition) is 3. The first-order chi connectivity index (χ1) is 12.5. The normalized spacial score (nSPS) is 17.1. The number of rotatable bonds is 4. The van der Waals surface area contributed by atoms with Gasteiger partial charge in [-0.2, -0.15) is 0 Å². The van der Waals surface area contributed by atoms with Gasteiger partial charge in [0.1, 0.15) is 5.82 Å². The van der Waals surface area contributed by atoms with Gasteiger partial charge in [-0.25, -0.2) is 9.18 Å². The number of benzene rings is 2. The van der Waals surface area contributed by atoms with Gasteiger partial charge in [-0.3, -0.25) is 4.79 Å². The van der Waals surface area contributed by atoms with E-state index in [-0.39, 0.29) is 16.6 Å². The highest BCUT2D eigenvalue weighted by Crippen LogP contribution is 2.29. The molecule has 0 heterocycles. The molecule has 0 bridgehead atoms. The first kappa shape index (κ1) is 18.4. The molecule has 136 valence electrons. The monoisotopic (exact) mass is 375 g/mol. The molecule has 3 rings (SSSR count). The maximum absolute atomic E-state index is 13.8. The van der Waals surface area contributed by atoms with Crippen LogP contribution < -0.4 is 5.32 Å². The van der Waals surface area contributed by atoms with E-state index in [1.165, 1.54) is 24.6 Å². The van der Waals surface area contributed by atoms with E-state index in [1.54, 1.807) is 0 Å². The van der Waals surface area contributed by atoms with Crippen LogP contribution >= 0.6 is 11.6 Å². The van der Waals surface area contributed by atoms with Crippen LogP contribution in [0.5, 0.6) is 0 Å². The molecule has 6 heteroatoms. The van der Waals surface area contributed by atoms with E-state index in [4.69, 9.17) is 16.3 Å². The molecule has 26 heavy (non-hydrogen) atoms. The van der Waals surface area contributed by atoms with Crippen LogP contribution in [0.15, 0.2) is 42.5 Å². The van der Waals surface area contributed by atoms with E-state index in [2.05, 4.69) is 11.4 Å². The number of aryl methyl sites for hydroxylation is 1. The number of fused-ring (bicyclic) bond motifs is 1. The van der Waals surface area contributed by atoms with Crippen molar-refractivity contribution in [2.45, 2.75) is 38.3 Å². The molecule has 0 aliphatic heterocycles. The van der Waals surface area contributed by atoms with Crippen LogP contribution in [-0.2, 0) is 16.0 Å². The first-order valence-electron chi connectivity index (χ1n) is 8.50. The lowest BCUT2D eigenvalue weighted by Gasteiger charge is -2.27. The molecular formula is C20H19ClFNO3. The van der Waals surface area contributed by atoms with Gasteiger partial charge in [-0.05, 0) is 55.5 Å². The second kappa shape index (κ2) is 7.87.